The lowest BCUT2D eigenvalue weighted by atomic mass is 9.78. The molecule has 11 aromatic rings. The maximum Gasteiger partial charge on any atom is 0.269 e. The van der Waals surface area contributed by atoms with E-state index in [-0.39, 0.29) is 33.9 Å². The highest BCUT2D eigenvalue weighted by Crippen LogP contribution is 2.41. The molecule has 0 amide bonds. The molecule has 0 fully saturated rings. The second-order valence-corrected chi connectivity index (χ2v) is 22.5. The van der Waals surface area contributed by atoms with Gasteiger partial charge in [0.25, 0.3) is 6.33 Å². The van der Waals surface area contributed by atoms with Crippen LogP contribution < -0.4 is 9.30 Å². The minimum absolute atomic E-state index is 0.0712. The first-order chi connectivity index (χ1) is 37.1. The highest BCUT2D eigenvalue weighted by Gasteiger charge is 2.26. The molecular formula is C68H64N4O. The summed E-state index contributed by atoms with van der Waals surface area (Å²) in [6.07, 6.45) is 5.69. The molecule has 0 saturated carbocycles. The van der Waals surface area contributed by atoms with Crippen molar-refractivity contribution >= 4 is 32.8 Å². The van der Waals surface area contributed by atoms with Crippen molar-refractivity contribution in [3.63, 3.8) is 0 Å². The minimum Gasteiger partial charge on any atom is -0.458 e. The van der Waals surface area contributed by atoms with Crippen molar-refractivity contribution in [3.8, 4) is 62.1 Å². The fraction of sp³-hybridized carbons (Fsp3) is 0.206. The molecular weight excluding hydrogens is 889 g/mol. The van der Waals surface area contributed by atoms with Gasteiger partial charge in [0.1, 0.15) is 17.3 Å². The minimum atomic E-state index is -0.444. The smallest absolute Gasteiger partial charge is 0.269 e. The first-order valence-corrected chi connectivity index (χ1v) is 25.3. The van der Waals surface area contributed by atoms with Crippen LogP contribution in [0.5, 0.6) is 11.5 Å². The van der Waals surface area contributed by atoms with E-state index < -0.39 is 18.1 Å². The average Bonchev–Trinajstić information content (AvgIpc) is 4.19. The van der Waals surface area contributed by atoms with Crippen molar-refractivity contribution < 1.29 is 16.2 Å². The third kappa shape index (κ3) is 9.03. The third-order valence-electron chi connectivity index (χ3n) is 14.5. The maximum absolute atomic E-state index is 9.36. The van der Waals surface area contributed by atoms with Crippen LogP contribution in [0.1, 0.15) is 98.7 Å². The third-order valence-corrected chi connectivity index (χ3v) is 14.5. The molecule has 5 nitrogen and oxygen atoms in total. The van der Waals surface area contributed by atoms with Crippen molar-refractivity contribution in [3.05, 3.63) is 223 Å². The molecule has 0 saturated heterocycles. The fourth-order valence-corrected chi connectivity index (χ4v) is 9.94. The molecule has 3 heterocycles. The Balaban J connectivity index is 1.12. The van der Waals surface area contributed by atoms with Crippen LogP contribution in [-0.4, -0.2) is 14.1 Å². The predicted molar refractivity (Wildman–Crippen MR) is 304 cm³/mol. The normalized spacial score (nSPS) is 13.7. The van der Waals surface area contributed by atoms with E-state index in [9.17, 15) is 2.74 Å². The summed E-state index contributed by atoms with van der Waals surface area (Å²) in [7, 11) is 0. The van der Waals surface area contributed by atoms with Crippen LogP contribution in [0.3, 0.4) is 0 Å². The van der Waals surface area contributed by atoms with Crippen LogP contribution in [0.4, 0.5) is 0 Å². The zero-order valence-electron chi connectivity index (χ0n) is 48.4. The summed E-state index contributed by atoms with van der Waals surface area (Å²) in [6, 6.07) is 54.4. The van der Waals surface area contributed by atoms with Crippen LogP contribution in [0.25, 0.3) is 83.4 Å². The standard InChI is InChI=1S/C68H64N4O/c1-45(66(2,3)4)48-35-36-69-64(40-48)72-60-30-18-17-27-58(60)59-33-32-55(43-62(59)72)73-54-26-19-25-53(42-54)70-44-71(63-39-49(31-34-61(63)70)46-21-13-11-14-22-46)65-56(47-23-15-12-16-24-47)28-20-29-57(65)50-37-51(67(5,6)7)41-52(38-50)68(8,9)10/h11-43,45H,1-10H3/i12D,15D,16D,23D,24D. The maximum atomic E-state index is 9.36. The molecule has 11 rings (SSSR count). The van der Waals surface area contributed by atoms with Crippen molar-refractivity contribution in [1.82, 2.24) is 14.1 Å². The molecule has 73 heavy (non-hydrogen) atoms. The molecule has 0 spiro atoms. The number of ether oxygens (including phenoxy) is 1. The molecule has 0 aliphatic carbocycles. The van der Waals surface area contributed by atoms with Gasteiger partial charge in [-0.15, -0.1) is 0 Å². The summed E-state index contributed by atoms with van der Waals surface area (Å²) in [6.45, 7) is 22.4. The Labute approximate surface area is 438 Å². The van der Waals surface area contributed by atoms with E-state index in [4.69, 9.17) is 13.8 Å². The molecule has 362 valence electrons. The zero-order valence-corrected chi connectivity index (χ0v) is 43.4. The number of rotatable bonds is 9. The Morgan fingerprint density at radius 3 is 1.95 bits per heavy atom. The number of benzene rings is 8. The summed E-state index contributed by atoms with van der Waals surface area (Å²) in [4.78, 5) is 4.94. The van der Waals surface area contributed by atoms with Gasteiger partial charge in [-0.1, -0.05) is 203 Å². The van der Waals surface area contributed by atoms with E-state index in [1.54, 1.807) is 0 Å². The fourth-order valence-electron chi connectivity index (χ4n) is 9.94. The SMILES string of the molecule is [2H]c1c([2H])c([2H])c(-c2cccc(-c3cc(C(C)(C)C)cc(C(C)(C)C)c3)c2-[n+]2[c-]n(-c3cccc(Oc4ccc5c6ccccc6n(-c6cc(C(C)C(C)(C)C)ccn6)c5c4)c3)c3ccc(-c4ccccc4)cc32)c([2H])c1[2H]. The first-order valence-electron chi connectivity index (χ1n) is 27.8. The van der Waals surface area contributed by atoms with Crippen molar-refractivity contribution in [2.24, 2.45) is 5.41 Å². The number of pyridine rings is 1. The largest absolute Gasteiger partial charge is 0.458 e. The van der Waals surface area contributed by atoms with E-state index in [0.717, 1.165) is 77.7 Å². The number of para-hydroxylation sites is 2. The summed E-state index contributed by atoms with van der Waals surface area (Å²) < 4.78 is 58.1. The van der Waals surface area contributed by atoms with E-state index in [1.807, 2.05) is 76.0 Å². The van der Waals surface area contributed by atoms with E-state index in [0.29, 0.717) is 28.7 Å². The highest BCUT2D eigenvalue weighted by molar-refractivity contribution is 6.09. The van der Waals surface area contributed by atoms with Crippen molar-refractivity contribution in [2.75, 3.05) is 0 Å². The molecule has 0 N–H and O–H groups in total. The number of hydrogen-bond acceptors (Lipinski definition) is 2. The Bertz CT molecular complexity index is 4090. The number of imidazole rings is 1. The topological polar surface area (TPSA) is 35.9 Å². The van der Waals surface area contributed by atoms with Gasteiger partial charge < -0.3 is 4.74 Å². The van der Waals surface area contributed by atoms with E-state index in [2.05, 4.69) is 183 Å². The Morgan fingerprint density at radius 1 is 0.548 bits per heavy atom. The van der Waals surface area contributed by atoms with Gasteiger partial charge in [0, 0.05) is 23.0 Å². The van der Waals surface area contributed by atoms with Gasteiger partial charge in [0.2, 0.25) is 0 Å². The second kappa shape index (κ2) is 18.2. The van der Waals surface area contributed by atoms with Crippen LogP contribution in [-0.2, 0) is 10.8 Å². The Hall–Kier alpha value is -8.02. The van der Waals surface area contributed by atoms with Crippen LogP contribution >= 0.6 is 0 Å². The van der Waals surface area contributed by atoms with Gasteiger partial charge in [0.05, 0.1) is 40.3 Å². The zero-order chi connectivity index (χ0) is 55.2. The van der Waals surface area contributed by atoms with E-state index in [1.165, 1.54) is 5.56 Å². The average molecular weight is 958 g/mol. The van der Waals surface area contributed by atoms with Gasteiger partial charge in [-0.25, -0.2) is 4.98 Å². The number of nitrogens with zero attached hydrogens (tertiary/aromatic N) is 4. The summed E-state index contributed by atoms with van der Waals surface area (Å²) in [5, 5.41) is 2.22. The number of aromatic nitrogens is 4. The second-order valence-electron chi connectivity index (χ2n) is 22.5. The highest BCUT2D eigenvalue weighted by atomic mass is 16.5. The quantitative estimate of drug-likeness (QED) is 0.107. The van der Waals surface area contributed by atoms with Gasteiger partial charge in [0.15, 0.2) is 0 Å². The number of hydrogen-bond donors (Lipinski definition) is 0. The van der Waals surface area contributed by atoms with E-state index >= 15 is 0 Å². The molecule has 0 aliphatic heterocycles. The Morgan fingerprint density at radius 2 is 1.22 bits per heavy atom. The molecule has 5 heteroatoms. The van der Waals surface area contributed by atoms with Gasteiger partial charge in [-0.2, -0.15) is 0 Å². The van der Waals surface area contributed by atoms with Crippen molar-refractivity contribution in [2.45, 2.75) is 86.0 Å². The number of fused-ring (bicyclic) bond motifs is 4. The van der Waals surface area contributed by atoms with Crippen LogP contribution in [0.15, 0.2) is 200 Å². The van der Waals surface area contributed by atoms with Gasteiger partial charge in [-0.3, -0.25) is 13.7 Å². The molecule has 0 radical (unpaired) electrons. The van der Waals surface area contributed by atoms with Crippen LogP contribution in [0, 0.1) is 11.7 Å². The molecule has 8 aromatic carbocycles. The lowest BCUT2D eigenvalue weighted by Crippen LogP contribution is -2.31. The van der Waals surface area contributed by atoms with Crippen molar-refractivity contribution in [1.29, 1.82) is 0 Å². The molecule has 3 aromatic heterocycles. The lowest BCUT2D eigenvalue weighted by molar-refractivity contribution is -0.571. The first kappa shape index (κ1) is 41.6. The molecule has 1 unspecified atom stereocenters. The summed E-state index contributed by atoms with van der Waals surface area (Å²) in [5.41, 5.74) is 12.6. The molecule has 0 bridgehead atoms. The molecule has 0 aliphatic rings. The van der Waals surface area contributed by atoms with Crippen LogP contribution in [0.2, 0.25) is 0 Å². The van der Waals surface area contributed by atoms with Gasteiger partial charge in [-0.05, 0) is 127 Å². The lowest BCUT2D eigenvalue weighted by Gasteiger charge is -2.27. The molecule has 1 atom stereocenters. The monoisotopic (exact) mass is 958 g/mol. The Kier molecular flexibility index (Phi) is 10.4. The van der Waals surface area contributed by atoms with Gasteiger partial charge >= 0.3 is 0 Å². The predicted octanol–water partition coefficient (Wildman–Crippen LogP) is 17.7. The summed E-state index contributed by atoms with van der Waals surface area (Å²) in [5.74, 6) is 2.43. The summed E-state index contributed by atoms with van der Waals surface area (Å²) >= 11 is 0.